The third-order valence-electron chi connectivity index (χ3n) is 3.33. The first kappa shape index (κ1) is 15.0. The molecule has 3 aromatic rings. The third kappa shape index (κ3) is 3.83. The smallest absolute Gasteiger partial charge is 0.230 e. The molecule has 5 heteroatoms. The molecule has 1 aromatic heterocycles. The van der Waals surface area contributed by atoms with Crippen molar-refractivity contribution in [1.29, 1.82) is 0 Å². The van der Waals surface area contributed by atoms with Crippen LogP contribution in [0.4, 0.5) is 10.1 Å². The number of halogens is 1. The van der Waals surface area contributed by atoms with E-state index in [0.717, 1.165) is 11.3 Å². The number of aromatic nitrogens is 1. The van der Waals surface area contributed by atoms with Gasteiger partial charge in [-0.05, 0) is 48.9 Å². The number of hydrogen-bond acceptors (Lipinski definition) is 3. The van der Waals surface area contributed by atoms with Gasteiger partial charge in [-0.25, -0.2) is 4.39 Å². The first-order valence-corrected chi connectivity index (χ1v) is 7.18. The summed E-state index contributed by atoms with van der Waals surface area (Å²) in [7, 11) is 0. The zero-order valence-electron chi connectivity index (χ0n) is 12.5. The number of amides is 1. The van der Waals surface area contributed by atoms with Gasteiger partial charge in [-0.3, -0.25) is 4.79 Å². The molecule has 2 aromatic carbocycles. The number of nitrogens with zero attached hydrogens (tertiary/aromatic N) is 1. The number of rotatable bonds is 4. The highest BCUT2D eigenvalue weighted by atomic mass is 19.1. The quantitative estimate of drug-likeness (QED) is 0.793. The zero-order valence-corrected chi connectivity index (χ0v) is 12.5. The van der Waals surface area contributed by atoms with Crippen LogP contribution in [0.2, 0.25) is 0 Å². The van der Waals surface area contributed by atoms with Gasteiger partial charge in [0.1, 0.15) is 5.82 Å². The van der Waals surface area contributed by atoms with Crippen LogP contribution in [-0.2, 0) is 11.2 Å². The minimum absolute atomic E-state index is 0.110. The molecule has 116 valence electrons. The normalized spacial score (nSPS) is 10.5. The van der Waals surface area contributed by atoms with E-state index in [1.165, 1.54) is 12.1 Å². The molecule has 0 aliphatic rings. The highest BCUT2D eigenvalue weighted by Crippen LogP contribution is 2.21. The Kier molecular flexibility index (Phi) is 4.19. The van der Waals surface area contributed by atoms with Gasteiger partial charge in [0.05, 0.1) is 12.1 Å². The molecule has 4 nitrogen and oxygen atoms in total. The van der Waals surface area contributed by atoms with Gasteiger partial charge in [-0.2, -0.15) is 0 Å². The van der Waals surface area contributed by atoms with E-state index in [1.54, 1.807) is 18.2 Å². The Labute approximate surface area is 132 Å². The lowest BCUT2D eigenvalue weighted by atomic mass is 10.1. The summed E-state index contributed by atoms with van der Waals surface area (Å²) in [5.74, 6) is 0.0175. The van der Waals surface area contributed by atoms with Gasteiger partial charge in [0, 0.05) is 17.3 Å². The van der Waals surface area contributed by atoms with Crippen molar-refractivity contribution in [1.82, 2.24) is 5.16 Å². The lowest BCUT2D eigenvalue weighted by Gasteiger charge is -2.04. The van der Waals surface area contributed by atoms with Gasteiger partial charge >= 0.3 is 0 Å². The molecule has 0 unspecified atom stereocenters. The molecule has 0 fully saturated rings. The van der Waals surface area contributed by atoms with Crippen LogP contribution in [0.25, 0.3) is 11.3 Å². The SMILES string of the molecule is Cc1cccc(NC(=O)Cc2cc(-c3ccc(F)cc3)on2)c1. The summed E-state index contributed by atoms with van der Waals surface area (Å²) in [6, 6.07) is 15.2. The summed E-state index contributed by atoms with van der Waals surface area (Å²) in [6.07, 6.45) is 0.110. The van der Waals surface area contributed by atoms with Crippen molar-refractivity contribution >= 4 is 11.6 Å². The second-order valence-electron chi connectivity index (χ2n) is 5.28. The molecule has 1 amide bonds. The molecule has 0 saturated carbocycles. The molecule has 0 spiro atoms. The van der Waals surface area contributed by atoms with Crippen LogP contribution in [0, 0.1) is 12.7 Å². The van der Waals surface area contributed by atoms with Crippen molar-refractivity contribution in [2.24, 2.45) is 0 Å². The lowest BCUT2D eigenvalue weighted by molar-refractivity contribution is -0.115. The van der Waals surface area contributed by atoms with E-state index < -0.39 is 0 Å². The van der Waals surface area contributed by atoms with Crippen molar-refractivity contribution < 1.29 is 13.7 Å². The van der Waals surface area contributed by atoms with Crippen LogP contribution in [0.1, 0.15) is 11.3 Å². The van der Waals surface area contributed by atoms with Gasteiger partial charge < -0.3 is 9.84 Å². The minimum atomic E-state index is -0.314. The third-order valence-corrected chi connectivity index (χ3v) is 3.33. The molecule has 0 saturated heterocycles. The number of nitrogens with one attached hydrogen (secondary N) is 1. The van der Waals surface area contributed by atoms with Crippen molar-refractivity contribution in [2.75, 3.05) is 5.32 Å². The average Bonchev–Trinajstić information content (AvgIpc) is 2.96. The number of benzene rings is 2. The molecule has 0 aliphatic heterocycles. The van der Waals surface area contributed by atoms with E-state index in [4.69, 9.17) is 4.52 Å². The summed E-state index contributed by atoms with van der Waals surface area (Å²) >= 11 is 0. The highest BCUT2D eigenvalue weighted by Gasteiger charge is 2.11. The van der Waals surface area contributed by atoms with E-state index in [2.05, 4.69) is 10.5 Å². The Morgan fingerprint density at radius 2 is 1.96 bits per heavy atom. The van der Waals surface area contributed by atoms with Gasteiger partial charge in [0.15, 0.2) is 5.76 Å². The Bertz CT molecular complexity index is 825. The fourth-order valence-corrected chi connectivity index (χ4v) is 2.24. The second kappa shape index (κ2) is 6.44. The second-order valence-corrected chi connectivity index (χ2v) is 5.28. The molecule has 1 N–H and O–H groups in total. The first-order chi connectivity index (χ1) is 11.1. The Balaban J connectivity index is 1.66. The van der Waals surface area contributed by atoms with Gasteiger partial charge in [0.2, 0.25) is 5.91 Å². The molecule has 0 aliphatic carbocycles. The maximum Gasteiger partial charge on any atom is 0.230 e. The van der Waals surface area contributed by atoms with Crippen molar-refractivity contribution in [3.8, 4) is 11.3 Å². The van der Waals surface area contributed by atoms with Crippen LogP contribution >= 0.6 is 0 Å². The van der Waals surface area contributed by atoms with Crippen molar-refractivity contribution in [2.45, 2.75) is 13.3 Å². The summed E-state index contributed by atoms with van der Waals surface area (Å²) in [6.45, 7) is 1.96. The predicted molar refractivity (Wildman–Crippen MR) is 85.4 cm³/mol. The van der Waals surface area contributed by atoms with Crippen molar-refractivity contribution in [3.63, 3.8) is 0 Å². The van der Waals surface area contributed by atoms with Gasteiger partial charge in [-0.15, -0.1) is 0 Å². The number of carbonyl (C=O) groups excluding carboxylic acids is 1. The number of hydrogen-bond donors (Lipinski definition) is 1. The van der Waals surface area contributed by atoms with Crippen LogP contribution < -0.4 is 5.32 Å². The van der Waals surface area contributed by atoms with Crippen LogP contribution in [0.5, 0.6) is 0 Å². The predicted octanol–water partition coefficient (Wildman–Crippen LogP) is 3.97. The number of carbonyl (C=O) groups is 1. The summed E-state index contributed by atoms with van der Waals surface area (Å²) in [5, 5.41) is 6.70. The fourth-order valence-electron chi connectivity index (χ4n) is 2.24. The first-order valence-electron chi connectivity index (χ1n) is 7.18. The zero-order chi connectivity index (χ0) is 16.2. The molecular weight excluding hydrogens is 295 g/mol. The molecule has 1 heterocycles. The Hall–Kier alpha value is -2.95. The van der Waals surface area contributed by atoms with E-state index in [9.17, 15) is 9.18 Å². The standard InChI is InChI=1S/C18H15FN2O2/c1-12-3-2-4-15(9-12)20-18(22)11-16-10-17(23-21-16)13-5-7-14(19)8-6-13/h2-10H,11H2,1H3,(H,20,22). The molecular formula is C18H15FN2O2. The van der Waals surface area contributed by atoms with Crippen LogP contribution in [-0.4, -0.2) is 11.1 Å². The fraction of sp³-hybridized carbons (Fsp3) is 0.111. The average molecular weight is 310 g/mol. The van der Waals surface area contributed by atoms with E-state index in [-0.39, 0.29) is 18.1 Å². The van der Waals surface area contributed by atoms with E-state index in [0.29, 0.717) is 17.0 Å². The largest absolute Gasteiger partial charge is 0.356 e. The number of anilines is 1. The monoisotopic (exact) mass is 310 g/mol. The summed E-state index contributed by atoms with van der Waals surface area (Å²) in [5.41, 5.74) is 3.05. The summed E-state index contributed by atoms with van der Waals surface area (Å²) in [4.78, 5) is 12.0. The Morgan fingerprint density at radius 1 is 1.17 bits per heavy atom. The lowest BCUT2D eigenvalue weighted by Crippen LogP contribution is -2.14. The molecule has 3 rings (SSSR count). The molecule has 23 heavy (non-hydrogen) atoms. The number of aryl methyl sites for hydroxylation is 1. The van der Waals surface area contributed by atoms with E-state index >= 15 is 0 Å². The molecule has 0 radical (unpaired) electrons. The summed E-state index contributed by atoms with van der Waals surface area (Å²) < 4.78 is 18.1. The van der Waals surface area contributed by atoms with Crippen LogP contribution in [0.3, 0.4) is 0 Å². The maximum atomic E-state index is 12.9. The highest BCUT2D eigenvalue weighted by molar-refractivity contribution is 5.92. The minimum Gasteiger partial charge on any atom is -0.356 e. The molecule has 0 atom stereocenters. The topological polar surface area (TPSA) is 55.1 Å². The van der Waals surface area contributed by atoms with Gasteiger partial charge in [-0.1, -0.05) is 17.3 Å². The molecule has 0 bridgehead atoms. The van der Waals surface area contributed by atoms with Gasteiger partial charge in [0.25, 0.3) is 0 Å². The Morgan fingerprint density at radius 3 is 2.70 bits per heavy atom. The van der Waals surface area contributed by atoms with Crippen LogP contribution in [0.15, 0.2) is 59.1 Å². The maximum absolute atomic E-state index is 12.9. The van der Waals surface area contributed by atoms with E-state index in [1.807, 2.05) is 31.2 Å². The van der Waals surface area contributed by atoms with Crippen molar-refractivity contribution in [3.05, 3.63) is 71.7 Å².